The Morgan fingerprint density at radius 2 is 1.71 bits per heavy atom. The molecular formula is C16H27NO3Si. The lowest BCUT2D eigenvalue weighted by Crippen LogP contribution is -2.47. The van der Waals surface area contributed by atoms with Gasteiger partial charge in [-0.25, -0.2) is 0 Å². The summed E-state index contributed by atoms with van der Waals surface area (Å²) in [5.41, 5.74) is 1.06. The quantitative estimate of drug-likeness (QED) is 0.486. The van der Waals surface area contributed by atoms with Crippen molar-refractivity contribution in [3.05, 3.63) is 35.9 Å². The fraction of sp³-hybridized carbons (Fsp3) is 0.562. The van der Waals surface area contributed by atoms with Crippen LogP contribution in [-0.2, 0) is 13.3 Å². The summed E-state index contributed by atoms with van der Waals surface area (Å²) in [6, 6.07) is 10.8. The minimum Gasteiger partial charge on any atom is -0.374 e. The van der Waals surface area contributed by atoms with E-state index in [1.165, 1.54) is 0 Å². The first-order valence-electron chi connectivity index (χ1n) is 7.69. The third-order valence-electron chi connectivity index (χ3n) is 2.87. The molecule has 0 aliphatic rings. The van der Waals surface area contributed by atoms with Crippen LogP contribution in [0.15, 0.2) is 35.3 Å². The Morgan fingerprint density at radius 3 is 2.24 bits per heavy atom. The van der Waals surface area contributed by atoms with E-state index in [2.05, 4.69) is 11.9 Å². The van der Waals surface area contributed by atoms with Crippen LogP contribution < -0.4 is 0 Å². The van der Waals surface area contributed by atoms with Gasteiger partial charge in [0.2, 0.25) is 0 Å². The zero-order valence-electron chi connectivity index (χ0n) is 13.5. The third kappa shape index (κ3) is 6.52. The van der Waals surface area contributed by atoms with Gasteiger partial charge in [0.05, 0.1) is 0 Å². The molecule has 0 saturated heterocycles. The molecule has 1 atom stereocenters. The highest BCUT2D eigenvalue weighted by Gasteiger charge is 2.41. The average molecular weight is 309 g/mol. The Labute approximate surface area is 129 Å². The number of nitrogens with zero attached hydrogens (tertiary/aromatic N) is 1. The SMILES string of the molecule is CCC[Si](OCC)(OCC)OC(C)N=Cc1ccccc1. The fourth-order valence-electron chi connectivity index (χ4n) is 2.08. The predicted molar refractivity (Wildman–Crippen MR) is 88.7 cm³/mol. The summed E-state index contributed by atoms with van der Waals surface area (Å²) in [6.07, 6.45) is 2.52. The van der Waals surface area contributed by atoms with Crippen LogP contribution in [-0.4, -0.2) is 34.5 Å². The van der Waals surface area contributed by atoms with Gasteiger partial charge in [0.25, 0.3) is 0 Å². The van der Waals surface area contributed by atoms with Crippen molar-refractivity contribution in [1.82, 2.24) is 0 Å². The van der Waals surface area contributed by atoms with Gasteiger partial charge in [0.15, 0.2) is 0 Å². The summed E-state index contributed by atoms with van der Waals surface area (Å²) in [7, 11) is -2.61. The molecule has 0 saturated carbocycles. The van der Waals surface area contributed by atoms with Crippen LogP contribution >= 0.6 is 0 Å². The highest BCUT2D eigenvalue weighted by Crippen LogP contribution is 2.20. The molecule has 1 rings (SSSR count). The van der Waals surface area contributed by atoms with E-state index in [9.17, 15) is 0 Å². The molecule has 0 aliphatic heterocycles. The zero-order chi connectivity index (χ0) is 15.6. The number of benzene rings is 1. The van der Waals surface area contributed by atoms with Gasteiger partial charge in [-0.15, -0.1) is 0 Å². The molecule has 0 aliphatic carbocycles. The standard InChI is InChI=1S/C16H27NO3Si/c1-5-13-21(18-6-2,19-7-3)20-15(4)17-14-16-11-9-8-10-12-16/h8-12,14-15H,5-7,13H2,1-4H3. The molecule has 0 amide bonds. The fourth-order valence-corrected chi connectivity index (χ4v) is 4.78. The Hall–Kier alpha value is -1.01. The van der Waals surface area contributed by atoms with Crippen LogP contribution in [0.25, 0.3) is 0 Å². The number of hydrogen-bond donors (Lipinski definition) is 0. The molecule has 0 heterocycles. The van der Waals surface area contributed by atoms with Crippen molar-refractivity contribution in [2.24, 2.45) is 4.99 Å². The average Bonchev–Trinajstić information content (AvgIpc) is 2.47. The van der Waals surface area contributed by atoms with Gasteiger partial charge >= 0.3 is 8.80 Å². The van der Waals surface area contributed by atoms with Gasteiger partial charge in [-0.3, -0.25) is 4.99 Å². The molecule has 1 unspecified atom stereocenters. The lowest BCUT2D eigenvalue weighted by Gasteiger charge is -2.30. The van der Waals surface area contributed by atoms with Crippen LogP contribution in [0.5, 0.6) is 0 Å². The molecule has 0 aromatic heterocycles. The lowest BCUT2D eigenvalue weighted by atomic mass is 10.2. The van der Waals surface area contributed by atoms with E-state index in [0.29, 0.717) is 13.2 Å². The largest absolute Gasteiger partial charge is 0.502 e. The van der Waals surface area contributed by atoms with E-state index >= 15 is 0 Å². The third-order valence-corrected chi connectivity index (χ3v) is 6.14. The summed E-state index contributed by atoms with van der Waals surface area (Å²) in [4.78, 5) is 4.45. The number of aliphatic imine (C=N–C) groups is 1. The summed E-state index contributed by atoms with van der Waals surface area (Å²) < 4.78 is 17.8. The van der Waals surface area contributed by atoms with Crippen LogP contribution in [0.4, 0.5) is 0 Å². The molecule has 0 spiro atoms. The molecule has 5 heteroatoms. The molecule has 21 heavy (non-hydrogen) atoms. The molecule has 0 bridgehead atoms. The monoisotopic (exact) mass is 309 g/mol. The second-order valence-corrected chi connectivity index (χ2v) is 7.38. The van der Waals surface area contributed by atoms with Crippen LogP contribution in [0.1, 0.15) is 39.7 Å². The van der Waals surface area contributed by atoms with Crippen molar-refractivity contribution in [3.8, 4) is 0 Å². The summed E-state index contributed by atoms with van der Waals surface area (Å²) >= 11 is 0. The van der Waals surface area contributed by atoms with Gasteiger partial charge in [0.1, 0.15) is 6.23 Å². The summed E-state index contributed by atoms with van der Waals surface area (Å²) in [6.45, 7) is 9.17. The lowest BCUT2D eigenvalue weighted by molar-refractivity contribution is 0.0414. The van der Waals surface area contributed by atoms with Crippen molar-refractivity contribution >= 4 is 15.0 Å². The molecule has 0 fully saturated rings. The Balaban J connectivity index is 2.70. The van der Waals surface area contributed by atoms with Crippen LogP contribution in [0.3, 0.4) is 0 Å². The van der Waals surface area contributed by atoms with Gasteiger partial charge in [0, 0.05) is 25.5 Å². The van der Waals surface area contributed by atoms with Crippen molar-refractivity contribution in [3.63, 3.8) is 0 Å². The first-order chi connectivity index (χ1) is 10.2. The summed E-state index contributed by atoms with van der Waals surface area (Å²) in [5, 5.41) is 0. The number of hydrogen-bond acceptors (Lipinski definition) is 4. The van der Waals surface area contributed by atoms with Gasteiger partial charge < -0.3 is 13.3 Å². The maximum atomic E-state index is 6.08. The first kappa shape index (κ1) is 18.0. The van der Waals surface area contributed by atoms with E-state index in [0.717, 1.165) is 18.0 Å². The van der Waals surface area contributed by atoms with Gasteiger partial charge in [-0.2, -0.15) is 0 Å². The Kier molecular flexibility index (Phi) is 8.45. The van der Waals surface area contributed by atoms with Gasteiger partial charge in [-0.05, 0) is 26.3 Å². The minimum atomic E-state index is -2.61. The molecular weight excluding hydrogens is 282 g/mol. The second-order valence-electron chi connectivity index (χ2n) is 4.71. The molecule has 0 radical (unpaired) electrons. The maximum absolute atomic E-state index is 6.08. The summed E-state index contributed by atoms with van der Waals surface area (Å²) in [5.74, 6) is 0. The van der Waals surface area contributed by atoms with Crippen LogP contribution in [0, 0.1) is 0 Å². The van der Waals surface area contributed by atoms with Crippen LogP contribution in [0.2, 0.25) is 6.04 Å². The highest BCUT2D eigenvalue weighted by atomic mass is 28.4. The van der Waals surface area contributed by atoms with Crippen molar-refractivity contribution < 1.29 is 13.3 Å². The van der Waals surface area contributed by atoms with Crippen molar-refractivity contribution in [2.45, 2.75) is 46.4 Å². The molecule has 1 aromatic rings. The maximum Gasteiger partial charge on any atom is 0.502 e. The number of rotatable bonds is 10. The Bertz CT molecular complexity index is 394. The molecule has 4 nitrogen and oxygen atoms in total. The van der Waals surface area contributed by atoms with Gasteiger partial charge in [-0.1, -0.05) is 43.7 Å². The molecule has 118 valence electrons. The van der Waals surface area contributed by atoms with E-state index < -0.39 is 8.80 Å². The molecule has 0 N–H and O–H groups in total. The predicted octanol–water partition coefficient (Wildman–Crippen LogP) is 3.89. The first-order valence-corrected chi connectivity index (χ1v) is 9.63. The second kappa shape index (κ2) is 9.84. The zero-order valence-corrected chi connectivity index (χ0v) is 14.5. The van der Waals surface area contributed by atoms with E-state index in [-0.39, 0.29) is 6.23 Å². The van der Waals surface area contributed by atoms with Crippen molar-refractivity contribution in [2.75, 3.05) is 13.2 Å². The normalized spacial score (nSPS) is 13.7. The van der Waals surface area contributed by atoms with E-state index in [1.807, 2.05) is 57.3 Å². The van der Waals surface area contributed by atoms with E-state index in [1.54, 1.807) is 0 Å². The topological polar surface area (TPSA) is 40.0 Å². The Morgan fingerprint density at radius 1 is 1.10 bits per heavy atom. The van der Waals surface area contributed by atoms with E-state index in [4.69, 9.17) is 13.3 Å². The highest BCUT2D eigenvalue weighted by molar-refractivity contribution is 6.60. The molecule has 1 aromatic carbocycles. The smallest absolute Gasteiger partial charge is 0.374 e. The van der Waals surface area contributed by atoms with Crippen molar-refractivity contribution in [1.29, 1.82) is 0 Å². The minimum absolute atomic E-state index is 0.276.